The van der Waals surface area contributed by atoms with Crippen molar-refractivity contribution in [3.63, 3.8) is 0 Å². The Hall–Kier alpha value is -2.94. The second-order valence-corrected chi connectivity index (χ2v) is 5.40. The van der Waals surface area contributed by atoms with Gasteiger partial charge in [-0.3, -0.25) is 0 Å². The molecule has 2 aromatic rings. The highest BCUT2D eigenvalue weighted by Gasteiger charge is 2.25. The van der Waals surface area contributed by atoms with Crippen molar-refractivity contribution in [3.8, 4) is 17.2 Å². The zero-order valence-corrected chi connectivity index (χ0v) is 12.8. The summed E-state index contributed by atoms with van der Waals surface area (Å²) >= 11 is 0. The largest absolute Gasteiger partial charge is 0.207 e. The van der Waals surface area contributed by atoms with E-state index in [2.05, 4.69) is 10.2 Å². The molecule has 3 nitrogen and oxygen atoms in total. The zero-order valence-electron chi connectivity index (χ0n) is 12.8. The molecular weight excluding hydrogens is 315 g/mol. The van der Waals surface area contributed by atoms with Gasteiger partial charge in [-0.1, -0.05) is 18.2 Å². The molecule has 0 fully saturated rings. The minimum absolute atomic E-state index is 0.0153. The normalized spacial score (nSPS) is 13.5. The summed E-state index contributed by atoms with van der Waals surface area (Å²) in [5.41, 5.74) is 1.08. The van der Waals surface area contributed by atoms with Crippen LogP contribution in [-0.2, 0) is 0 Å². The molecular formula is C18H12F3N3. The van der Waals surface area contributed by atoms with Crippen molar-refractivity contribution in [1.82, 2.24) is 10.2 Å². The molecule has 0 amide bonds. The van der Waals surface area contributed by atoms with Crippen molar-refractivity contribution in [2.75, 3.05) is 0 Å². The minimum atomic E-state index is -1.08. The van der Waals surface area contributed by atoms with Crippen LogP contribution in [-0.4, -0.2) is 10.2 Å². The maximum absolute atomic E-state index is 14.3. The average molecular weight is 327 g/mol. The van der Waals surface area contributed by atoms with Crippen LogP contribution in [0.15, 0.2) is 30.4 Å². The van der Waals surface area contributed by atoms with Crippen LogP contribution in [0.4, 0.5) is 13.2 Å². The quantitative estimate of drug-likeness (QED) is 0.817. The second-order valence-electron chi connectivity index (χ2n) is 5.40. The molecule has 0 unspecified atom stereocenters. The van der Waals surface area contributed by atoms with Crippen molar-refractivity contribution in [3.05, 3.63) is 64.8 Å². The fourth-order valence-electron chi connectivity index (χ4n) is 2.83. The van der Waals surface area contributed by atoms with Crippen LogP contribution in [0, 0.1) is 35.7 Å². The number of hydrogen-bond acceptors (Lipinski definition) is 3. The Morgan fingerprint density at radius 2 is 1.75 bits per heavy atom. The molecule has 0 saturated carbocycles. The van der Waals surface area contributed by atoms with E-state index in [1.807, 2.05) is 24.3 Å². The van der Waals surface area contributed by atoms with E-state index < -0.39 is 23.0 Å². The summed E-state index contributed by atoms with van der Waals surface area (Å²) in [7, 11) is 0. The van der Waals surface area contributed by atoms with E-state index in [9.17, 15) is 18.4 Å². The summed E-state index contributed by atoms with van der Waals surface area (Å²) in [6.45, 7) is 1.66. The SMILES string of the molecule is Cc1nnc(C#N)c(-c2c(F)cc(F)cc2F)c1C1=CC=CCC1. The molecule has 0 saturated heterocycles. The van der Waals surface area contributed by atoms with Crippen LogP contribution in [0.25, 0.3) is 16.7 Å². The Labute approximate surface area is 136 Å². The molecule has 24 heavy (non-hydrogen) atoms. The molecule has 6 heteroatoms. The lowest BCUT2D eigenvalue weighted by Gasteiger charge is -2.18. The maximum atomic E-state index is 14.3. The highest BCUT2D eigenvalue weighted by molar-refractivity contribution is 5.86. The van der Waals surface area contributed by atoms with Gasteiger partial charge in [0.2, 0.25) is 0 Å². The molecule has 120 valence electrons. The van der Waals surface area contributed by atoms with Gasteiger partial charge in [0.25, 0.3) is 0 Å². The van der Waals surface area contributed by atoms with Crippen LogP contribution in [0.1, 0.15) is 29.8 Å². The predicted molar refractivity (Wildman–Crippen MR) is 83.1 cm³/mol. The molecule has 1 heterocycles. The number of allylic oxidation sites excluding steroid dienone is 4. The molecule has 0 atom stereocenters. The smallest absolute Gasteiger partial charge is 0.171 e. The number of aryl methyl sites for hydroxylation is 1. The molecule has 0 N–H and O–H groups in total. The lowest BCUT2D eigenvalue weighted by Crippen LogP contribution is -2.06. The first-order valence-corrected chi connectivity index (χ1v) is 7.31. The van der Waals surface area contributed by atoms with E-state index in [1.54, 1.807) is 6.92 Å². The molecule has 1 aromatic heterocycles. The van der Waals surface area contributed by atoms with Crippen molar-refractivity contribution in [1.29, 1.82) is 5.26 Å². The van der Waals surface area contributed by atoms with Gasteiger partial charge in [0.05, 0.1) is 11.3 Å². The van der Waals surface area contributed by atoms with Gasteiger partial charge in [0, 0.05) is 23.3 Å². The van der Waals surface area contributed by atoms with Gasteiger partial charge >= 0.3 is 0 Å². The monoisotopic (exact) mass is 327 g/mol. The summed E-state index contributed by atoms with van der Waals surface area (Å²) in [6.07, 6.45) is 7.04. The first-order valence-electron chi connectivity index (χ1n) is 7.31. The van der Waals surface area contributed by atoms with Gasteiger partial charge in [0.1, 0.15) is 23.5 Å². The number of nitrogens with zero attached hydrogens (tertiary/aromatic N) is 3. The van der Waals surface area contributed by atoms with Gasteiger partial charge < -0.3 is 0 Å². The van der Waals surface area contributed by atoms with E-state index in [0.717, 1.165) is 12.0 Å². The first-order chi connectivity index (χ1) is 11.5. The third-order valence-electron chi connectivity index (χ3n) is 3.85. The third-order valence-corrected chi connectivity index (χ3v) is 3.85. The number of rotatable bonds is 2. The Balaban J connectivity index is 2.40. The Morgan fingerprint density at radius 3 is 2.33 bits per heavy atom. The summed E-state index contributed by atoms with van der Waals surface area (Å²) < 4.78 is 41.9. The van der Waals surface area contributed by atoms with Crippen LogP contribution in [0.3, 0.4) is 0 Å². The first kappa shape index (κ1) is 15.9. The number of aromatic nitrogens is 2. The molecule has 1 aliphatic rings. The lowest BCUT2D eigenvalue weighted by atomic mass is 9.88. The van der Waals surface area contributed by atoms with Gasteiger partial charge in [0.15, 0.2) is 5.69 Å². The van der Waals surface area contributed by atoms with Crippen LogP contribution in [0.2, 0.25) is 0 Å². The Bertz CT molecular complexity index is 901. The molecule has 3 rings (SSSR count). The van der Waals surface area contributed by atoms with Gasteiger partial charge in [-0.15, -0.1) is 5.10 Å². The predicted octanol–water partition coefficient (Wildman–Crippen LogP) is 4.47. The summed E-state index contributed by atoms with van der Waals surface area (Å²) in [4.78, 5) is 0. The Kier molecular flexibility index (Phi) is 4.17. The standard InChI is InChI=1S/C18H12F3N3/c1-10-16(11-5-3-2-4-6-11)18(15(9-22)24-23-10)17-13(20)7-12(19)8-14(17)21/h2-3,5,7-8H,4,6H2,1H3. The molecule has 0 radical (unpaired) electrons. The van der Waals surface area contributed by atoms with Gasteiger partial charge in [-0.2, -0.15) is 10.4 Å². The van der Waals surface area contributed by atoms with E-state index in [4.69, 9.17) is 0 Å². The van der Waals surface area contributed by atoms with E-state index >= 15 is 0 Å². The molecule has 0 spiro atoms. The van der Waals surface area contributed by atoms with Crippen molar-refractivity contribution in [2.45, 2.75) is 19.8 Å². The van der Waals surface area contributed by atoms with E-state index in [0.29, 0.717) is 29.8 Å². The second kappa shape index (κ2) is 6.28. The Morgan fingerprint density at radius 1 is 1.04 bits per heavy atom. The van der Waals surface area contributed by atoms with Crippen LogP contribution >= 0.6 is 0 Å². The number of nitriles is 1. The highest BCUT2D eigenvalue weighted by atomic mass is 19.1. The molecule has 0 aliphatic heterocycles. The topological polar surface area (TPSA) is 49.6 Å². The molecule has 1 aromatic carbocycles. The molecule has 1 aliphatic carbocycles. The number of benzene rings is 1. The summed E-state index contributed by atoms with van der Waals surface area (Å²) in [6, 6.07) is 3.01. The van der Waals surface area contributed by atoms with Crippen LogP contribution in [0.5, 0.6) is 0 Å². The minimum Gasteiger partial charge on any atom is -0.207 e. The average Bonchev–Trinajstić information content (AvgIpc) is 2.55. The summed E-state index contributed by atoms with van der Waals surface area (Å²) in [5.74, 6) is -3.18. The van der Waals surface area contributed by atoms with Gasteiger partial charge in [-0.25, -0.2) is 13.2 Å². The lowest BCUT2D eigenvalue weighted by molar-refractivity contribution is 0.547. The number of hydrogen-bond donors (Lipinski definition) is 0. The summed E-state index contributed by atoms with van der Waals surface area (Å²) in [5, 5.41) is 17.0. The van der Waals surface area contributed by atoms with Gasteiger partial charge in [-0.05, 0) is 25.3 Å². The fourth-order valence-corrected chi connectivity index (χ4v) is 2.83. The fraction of sp³-hybridized carbons (Fsp3) is 0.167. The number of halogens is 3. The molecule has 0 bridgehead atoms. The highest BCUT2D eigenvalue weighted by Crippen LogP contribution is 2.38. The van der Waals surface area contributed by atoms with E-state index in [1.165, 1.54) is 0 Å². The third kappa shape index (κ3) is 2.69. The van der Waals surface area contributed by atoms with Crippen molar-refractivity contribution >= 4 is 5.57 Å². The van der Waals surface area contributed by atoms with Crippen molar-refractivity contribution < 1.29 is 13.2 Å². The maximum Gasteiger partial charge on any atom is 0.171 e. The van der Waals surface area contributed by atoms with E-state index in [-0.39, 0.29) is 11.3 Å². The van der Waals surface area contributed by atoms with Crippen molar-refractivity contribution in [2.24, 2.45) is 0 Å². The zero-order chi connectivity index (χ0) is 17.3. The van der Waals surface area contributed by atoms with Crippen LogP contribution < -0.4 is 0 Å².